The number of thiol groups is 1. The maximum atomic E-state index is 14.6. The van der Waals surface area contributed by atoms with E-state index in [0.29, 0.717) is 22.6 Å². The van der Waals surface area contributed by atoms with Gasteiger partial charge in [-0.15, -0.1) is 0 Å². The predicted octanol–water partition coefficient (Wildman–Crippen LogP) is 5.90. The molecule has 0 radical (unpaired) electrons. The van der Waals surface area contributed by atoms with E-state index in [4.69, 9.17) is 4.74 Å². The molecule has 0 heterocycles. The Morgan fingerprint density at radius 1 is 1.10 bits per heavy atom. The molecule has 0 saturated carbocycles. The highest BCUT2D eigenvalue weighted by Gasteiger charge is 2.14. The third kappa shape index (κ3) is 6.60. The van der Waals surface area contributed by atoms with Crippen LogP contribution in [0.1, 0.15) is 18.1 Å². The van der Waals surface area contributed by atoms with Crippen LogP contribution in [0.5, 0.6) is 11.5 Å². The Bertz CT molecular complexity index is 919. The lowest BCUT2D eigenvalue weighted by Gasteiger charge is -2.14. The molecule has 0 N–H and O–H groups in total. The number of hydrogen-bond donors (Lipinski definition) is 1. The largest absolute Gasteiger partial charge is 0.489 e. The van der Waals surface area contributed by atoms with Crippen LogP contribution in [0, 0.1) is 11.6 Å². The number of hydrogen-bond acceptors (Lipinski definition) is 5. The fraction of sp³-hybridized carbons (Fsp3) is 0.182. The minimum absolute atomic E-state index is 0.184. The molecule has 8 heteroatoms. The Morgan fingerprint density at radius 2 is 1.67 bits per heavy atom. The van der Waals surface area contributed by atoms with Crippen LogP contribution in [0.3, 0.4) is 0 Å². The number of likely N-dealkylation sites (N-methyl/N-ethyl adjacent to an activating group) is 1. The Labute approximate surface area is 179 Å². The average molecular weight is 436 g/mol. The van der Waals surface area contributed by atoms with E-state index < -0.39 is 11.6 Å². The summed E-state index contributed by atoms with van der Waals surface area (Å²) >= 11 is 3.33. The molecule has 0 aliphatic carbocycles. The minimum atomic E-state index is -0.723. The van der Waals surface area contributed by atoms with Crippen LogP contribution in [0.2, 0.25) is 0 Å². The van der Waals surface area contributed by atoms with Crippen LogP contribution < -0.4 is 9.57 Å². The molecule has 2 aromatic rings. The first-order valence-corrected chi connectivity index (χ1v) is 9.35. The van der Waals surface area contributed by atoms with E-state index in [0.717, 1.165) is 0 Å². The molecule has 4 nitrogen and oxygen atoms in total. The molecule has 0 spiro atoms. The zero-order valence-electron chi connectivity index (χ0n) is 16.9. The van der Waals surface area contributed by atoms with Gasteiger partial charge in [0.15, 0.2) is 5.75 Å². The van der Waals surface area contributed by atoms with Crippen molar-refractivity contribution in [2.45, 2.75) is 13.5 Å². The standard InChI is InChI=1S/C22H23F3N2O2S/c1-5-6-16(11-15(2)26(3)4)17-12-21(23)20(22(24)13-17)14-28-18-7-9-19(10-8-18)29-27(25)30/h5-13,30H,2,14H2,1,3-4H3/b6-5-,16-11+. The smallest absolute Gasteiger partial charge is 0.152 e. The maximum Gasteiger partial charge on any atom is 0.152 e. The summed E-state index contributed by atoms with van der Waals surface area (Å²) in [6, 6.07) is 8.35. The maximum absolute atomic E-state index is 14.6. The van der Waals surface area contributed by atoms with Gasteiger partial charge in [0, 0.05) is 19.8 Å². The van der Waals surface area contributed by atoms with Gasteiger partial charge in [0.2, 0.25) is 0 Å². The second-order valence-corrected chi connectivity index (χ2v) is 6.80. The molecule has 0 atom stereocenters. The van der Waals surface area contributed by atoms with Gasteiger partial charge in [-0.1, -0.05) is 23.2 Å². The van der Waals surface area contributed by atoms with Crippen molar-refractivity contribution in [2.24, 2.45) is 0 Å². The fourth-order valence-corrected chi connectivity index (χ4v) is 2.56. The summed E-state index contributed by atoms with van der Waals surface area (Å²) < 4.78 is 47.0. The van der Waals surface area contributed by atoms with Crippen LogP contribution in [-0.2, 0) is 6.61 Å². The third-order valence-electron chi connectivity index (χ3n) is 4.10. The number of allylic oxidation sites excluding steroid dienone is 4. The molecule has 160 valence electrons. The lowest BCUT2D eigenvalue weighted by molar-refractivity contribution is -0.106. The zero-order chi connectivity index (χ0) is 22.3. The molecule has 0 bridgehead atoms. The highest BCUT2D eigenvalue weighted by molar-refractivity contribution is 7.77. The highest BCUT2D eigenvalue weighted by Crippen LogP contribution is 2.26. The molecule has 0 saturated heterocycles. The topological polar surface area (TPSA) is 24.9 Å². The molecule has 0 aromatic heterocycles. The number of nitrogens with zero attached hydrogens (tertiary/aromatic N) is 2. The summed E-state index contributed by atoms with van der Waals surface area (Å²) in [5.41, 5.74) is 1.51. The summed E-state index contributed by atoms with van der Waals surface area (Å²) in [5.74, 6) is -0.923. The molecule has 30 heavy (non-hydrogen) atoms. The highest BCUT2D eigenvalue weighted by atomic mass is 32.1. The van der Waals surface area contributed by atoms with Crippen LogP contribution in [0.15, 0.2) is 66.9 Å². The van der Waals surface area contributed by atoms with Crippen molar-refractivity contribution in [3.05, 3.63) is 89.7 Å². The molecule has 0 amide bonds. The predicted molar refractivity (Wildman–Crippen MR) is 115 cm³/mol. The summed E-state index contributed by atoms with van der Waals surface area (Å²) in [6.45, 7) is 5.43. The van der Waals surface area contributed by atoms with E-state index in [2.05, 4.69) is 24.2 Å². The Hall–Kier alpha value is -2.84. The minimum Gasteiger partial charge on any atom is -0.489 e. The summed E-state index contributed by atoms with van der Waals surface area (Å²) in [4.78, 5) is 6.40. The number of ether oxygens (including phenoxy) is 1. The van der Waals surface area contributed by atoms with Crippen LogP contribution in [0.4, 0.5) is 13.3 Å². The Morgan fingerprint density at radius 3 is 2.17 bits per heavy atom. The van der Waals surface area contributed by atoms with E-state index in [1.807, 2.05) is 21.0 Å². The average Bonchev–Trinajstić information content (AvgIpc) is 2.67. The second kappa shape index (κ2) is 10.8. The third-order valence-corrected chi connectivity index (χ3v) is 4.19. The summed E-state index contributed by atoms with van der Waals surface area (Å²) in [7, 11) is 3.66. The summed E-state index contributed by atoms with van der Waals surface area (Å²) in [6.07, 6.45) is 5.29. The molecular weight excluding hydrogens is 413 g/mol. The first-order valence-electron chi connectivity index (χ1n) is 8.95. The van der Waals surface area contributed by atoms with Crippen molar-refractivity contribution in [2.75, 3.05) is 14.1 Å². The molecule has 0 unspecified atom stereocenters. The first kappa shape index (κ1) is 23.4. The molecule has 2 aromatic carbocycles. The summed E-state index contributed by atoms with van der Waals surface area (Å²) in [5, 5.41) is 0. The van der Waals surface area contributed by atoms with E-state index in [1.165, 1.54) is 36.4 Å². The van der Waals surface area contributed by atoms with E-state index in [1.54, 1.807) is 23.1 Å². The van der Waals surface area contributed by atoms with E-state index in [9.17, 15) is 13.3 Å². The van der Waals surface area contributed by atoms with Gasteiger partial charge in [-0.05, 0) is 73.3 Å². The first-order chi connectivity index (χ1) is 14.2. The number of rotatable bonds is 9. The normalized spacial score (nSPS) is 11.8. The van der Waals surface area contributed by atoms with Crippen molar-refractivity contribution in [1.82, 2.24) is 9.59 Å². The molecule has 0 fully saturated rings. The number of halogens is 3. The molecule has 0 aliphatic rings. The van der Waals surface area contributed by atoms with E-state index in [-0.39, 0.29) is 22.6 Å². The molecule has 0 aliphatic heterocycles. The van der Waals surface area contributed by atoms with Crippen LogP contribution in [0.25, 0.3) is 5.57 Å². The van der Waals surface area contributed by atoms with Crippen molar-refractivity contribution < 1.29 is 22.8 Å². The zero-order valence-corrected chi connectivity index (χ0v) is 17.8. The SMILES string of the molecule is C=C(/C=C(\C=C/C)c1cc(F)c(COc2ccc(ON(F)S)cc2)c(F)c1)N(C)C. The molecule has 2 rings (SSSR count). The van der Waals surface area contributed by atoms with Crippen LogP contribution >= 0.6 is 12.8 Å². The lowest BCUT2D eigenvalue weighted by Crippen LogP contribution is -2.08. The van der Waals surface area contributed by atoms with Gasteiger partial charge in [-0.25, -0.2) is 8.78 Å². The van der Waals surface area contributed by atoms with Gasteiger partial charge in [-0.2, -0.15) is 0 Å². The van der Waals surface area contributed by atoms with Crippen LogP contribution in [-0.4, -0.2) is 23.7 Å². The van der Waals surface area contributed by atoms with Crippen molar-refractivity contribution in [1.29, 1.82) is 0 Å². The fourth-order valence-electron chi connectivity index (χ4n) is 2.46. The quantitative estimate of drug-likeness (QED) is 0.229. The van der Waals surface area contributed by atoms with E-state index >= 15 is 0 Å². The van der Waals surface area contributed by atoms with Crippen molar-refractivity contribution in [3.8, 4) is 11.5 Å². The lowest BCUT2D eigenvalue weighted by atomic mass is 10.0. The van der Waals surface area contributed by atoms with Gasteiger partial charge in [0.05, 0.1) is 10.3 Å². The van der Waals surface area contributed by atoms with Gasteiger partial charge >= 0.3 is 0 Å². The Balaban J connectivity index is 2.20. The van der Waals surface area contributed by atoms with Gasteiger partial charge in [0.25, 0.3) is 0 Å². The van der Waals surface area contributed by atoms with Crippen molar-refractivity contribution in [3.63, 3.8) is 0 Å². The van der Waals surface area contributed by atoms with Gasteiger partial charge < -0.3 is 14.5 Å². The Kier molecular flexibility index (Phi) is 8.44. The second-order valence-electron chi connectivity index (χ2n) is 6.48. The van der Waals surface area contributed by atoms with Crippen molar-refractivity contribution >= 4 is 18.4 Å². The van der Waals surface area contributed by atoms with Gasteiger partial charge in [-0.3, -0.25) is 0 Å². The monoisotopic (exact) mass is 436 g/mol. The number of benzene rings is 2. The van der Waals surface area contributed by atoms with Gasteiger partial charge in [0.1, 0.15) is 24.0 Å². The molecular formula is C22H23F3N2O2S.